The fourth-order valence-corrected chi connectivity index (χ4v) is 2.73. The molecule has 0 atom stereocenters. The summed E-state index contributed by atoms with van der Waals surface area (Å²) >= 11 is 5.56. The normalized spacial score (nSPS) is 11.3. The van der Waals surface area contributed by atoms with Gasteiger partial charge in [-0.25, -0.2) is 17.2 Å². The van der Waals surface area contributed by atoms with E-state index in [1.54, 1.807) is 0 Å². The number of hydrogen-bond donors (Lipinski definition) is 2. The molecule has 0 aliphatic rings. The van der Waals surface area contributed by atoms with Crippen LogP contribution in [0.1, 0.15) is 0 Å². The maximum Gasteiger partial charge on any atom is 0.261 e. The Hall–Kier alpha value is -1.86. The third-order valence-corrected chi connectivity index (χ3v) is 4.12. The monoisotopic (exact) mass is 318 g/mol. The molecule has 0 bridgehead atoms. The molecule has 4 nitrogen and oxygen atoms in total. The van der Waals surface area contributed by atoms with Crippen LogP contribution in [0.25, 0.3) is 0 Å². The summed E-state index contributed by atoms with van der Waals surface area (Å²) in [5, 5.41) is -0.219. The van der Waals surface area contributed by atoms with Gasteiger partial charge in [-0.15, -0.1) is 0 Å². The molecule has 8 heteroatoms. The van der Waals surface area contributed by atoms with Crippen LogP contribution in [0.2, 0.25) is 5.02 Å². The summed E-state index contributed by atoms with van der Waals surface area (Å²) < 4.78 is 52.3. The highest BCUT2D eigenvalue weighted by Crippen LogP contribution is 2.23. The smallest absolute Gasteiger partial charge is 0.261 e. The third-order valence-electron chi connectivity index (χ3n) is 2.45. The van der Waals surface area contributed by atoms with Gasteiger partial charge in [0.2, 0.25) is 0 Å². The van der Waals surface area contributed by atoms with E-state index in [-0.39, 0.29) is 21.3 Å². The van der Waals surface area contributed by atoms with Crippen LogP contribution in [0.15, 0.2) is 41.3 Å². The van der Waals surface area contributed by atoms with Crippen molar-refractivity contribution in [2.75, 3.05) is 10.5 Å². The van der Waals surface area contributed by atoms with E-state index in [1.807, 2.05) is 0 Å². The van der Waals surface area contributed by atoms with Crippen LogP contribution in [0.5, 0.6) is 0 Å². The molecule has 20 heavy (non-hydrogen) atoms. The Morgan fingerprint density at radius 1 is 1.05 bits per heavy atom. The number of nitrogen functional groups attached to an aromatic ring is 1. The first-order valence-corrected chi connectivity index (χ1v) is 7.18. The number of hydrogen-bond acceptors (Lipinski definition) is 3. The number of rotatable bonds is 3. The van der Waals surface area contributed by atoms with Gasteiger partial charge in [-0.2, -0.15) is 0 Å². The average molecular weight is 319 g/mol. The summed E-state index contributed by atoms with van der Waals surface area (Å²) in [6.07, 6.45) is 0. The lowest BCUT2D eigenvalue weighted by Crippen LogP contribution is -2.13. The highest BCUT2D eigenvalue weighted by molar-refractivity contribution is 7.92. The van der Waals surface area contributed by atoms with E-state index < -0.39 is 21.7 Å². The number of benzene rings is 2. The van der Waals surface area contributed by atoms with E-state index in [2.05, 4.69) is 4.72 Å². The number of halogens is 3. The Morgan fingerprint density at radius 3 is 2.30 bits per heavy atom. The Labute approximate surface area is 119 Å². The molecule has 0 saturated heterocycles. The van der Waals surface area contributed by atoms with Crippen LogP contribution in [-0.2, 0) is 10.0 Å². The van der Waals surface area contributed by atoms with E-state index in [9.17, 15) is 17.2 Å². The molecule has 0 spiro atoms. The number of nitrogens with two attached hydrogens (primary N) is 1. The van der Waals surface area contributed by atoms with Crippen LogP contribution < -0.4 is 10.5 Å². The first-order valence-electron chi connectivity index (χ1n) is 5.32. The van der Waals surface area contributed by atoms with Gasteiger partial charge in [-0.3, -0.25) is 4.72 Å². The summed E-state index contributed by atoms with van der Waals surface area (Å²) in [5.41, 5.74) is 5.11. The second-order valence-electron chi connectivity index (χ2n) is 3.92. The van der Waals surface area contributed by atoms with Crippen LogP contribution in [0.3, 0.4) is 0 Å². The van der Waals surface area contributed by atoms with Crippen molar-refractivity contribution in [3.8, 4) is 0 Å². The van der Waals surface area contributed by atoms with Gasteiger partial charge in [0.05, 0.1) is 21.3 Å². The molecule has 2 aromatic carbocycles. The van der Waals surface area contributed by atoms with Crippen molar-refractivity contribution >= 4 is 33.0 Å². The van der Waals surface area contributed by atoms with Crippen molar-refractivity contribution in [1.29, 1.82) is 0 Å². The van der Waals surface area contributed by atoms with Crippen LogP contribution in [-0.4, -0.2) is 8.42 Å². The van der Waals surface area contributed by atoms with Gasteiger partial charge in [0, 0.05) is 0 Å². The van der Waals surface area contributed by atoms with Gasteiger partial charge >= 0.3 is 0 Å². The highest BCUT2D eigenvalue weighted by atomic mass is 35.5. The maximum absolute atomic E-state index is 13.0. The largest absolute Gasteiger partial charge is 0.396 e. The molecule has 0 saturated carbocycles. The summed E-state index contributed by atoms with van der Waals surface area (Å²) in [4.78, 5) is -0.211. The van der Waals surface area contributed by atoms with E-state index in [0.29, 0.717) is 0 Å². The standard InChI is InChI=1S/C12H9ClF2N2O2S/c13-9-5-7(1-3-10(9)14)17-20(18,19)8-2-4-11(15)12(16)6-8/h1-6,17H,16H2. The Kier molecular flexibility index (Phi) is 3.82. The van der Waals surface area contributed by atoms with Crippen molar-refractivity contribution < 1.29 is 17.2 Å². The van der Waals surface area contributed by atoms with E-state index in [4.69, 9.17) is 17.3 Å². The van der Waals surface area contributed by atoms with Crippen molar-refractivity contribution in [1.82, 2.24) is 0 Å². The first-order chi connectivity index (χ1) is 9.29. The molecular formula is C12H9ClF2N2O2S. The van der Waals surface area contributed by atoms with Crippen molar-refractivity contribution in [3.63, 3.8) is 0 Å². The predicted molar refractivity (Wildman–Crippen MR) is 73.0 cm³/mol. The van der Waals surface area contributed by atoms with Gasteiger partial charge in [0.1, 0.15) is 11.6 Å². The van der Waals surface area contributed by atoms with Gasteiger partial charge in [0.15, 0.2) is 0 Å². The second-order valence-corrected chi connectivity index (χ2v) is 6.01. The average Bonchev–Trinajstić information content (AvgIpc) is 2.37. The number of anilines is 2. The third kappa shape index (κ3) is 3.00. The summed E-state index contributed by atoms with van der Waals surface area (Å²) in [6, 6.07) is 6.37. The molecular weight excluding hydrogens is 310 g/mol. The first kappa shape index (κ1) is 14.5. The van der Waals surface area contributed by atoms with Crippen LogP contribution in [0.4, 0.5) is 20.2 Å². The van der Waals surface area contributed by atoms with Crippen molar-refractivity contribution in [2.24, 2.45) is 0 Å². The SMILES string of the molecule is Nc1cc(S(=O)(=O)Nc2ccc(F)c(Cl)c2)ccc1F. The minimum atomic E-state index is -3.96. The van der Waals surface area contributed by atoms with Gasteiger partial charge in [-0.05, 0) is 36.4 Å². The minimum Gasteiger partial charge on any atom is -0.396 e. The lowest BCUT2D eigenvalue weighted by molar-refractivity contribution is 0.600. The predicted octanol–water partition coefficient (Wildman–Crippen LogP) is 3.00. The Balaban J connectivity index is 2.35. The fourth-order valence-electron chi connectivity index (χ4n) is 1.46. The van der Waals surface area contributed by atoms with Crippen molar-refractivity contribution in [2.45, 2.75) is 4.90 Å². The topological polar surface area (TPSA) is 72.2 Å². The maximum atomic E-state index is 13.0. The van der Waals surface area contributed by atoms with E-state index >= 15 is 0 Å². The quantitative estimate of drug-likeness (QED) is 0.854. The highest BCUT2D eigenvalue weighted by Gasteiger charge is 2.16. The summed E-state index contributed by atoms with van der Waals surface area (Å²) in [5.74, 6) is -1.38. The zero-order valence-electron chi connectivity index (χ0n) is 9.90. The lowest BCUT2D eigenvalue weighted by Gasteiger charge is -2.09. The van der Waals surface area contributed by atoms with Crippen LogP contribution >= 0.6 is 11.6 Å². The molecule has 0 aliphatic heterocycles. The molecule has 106 valence electrons. The summed E-state index contributed by atoms with van der Waals surface area (Å²) in [7, 11) is -3.96. The van der Waals surface area contributed by atoms with Gasteiger partial charge in [-0.1, -0.05) is 11.6 Å². The van der Waals surface area contributed by atoms with Crippen LogP contribution in [0, 0.1) is 11.6 Å². The Morgan fingerprint density at radius 2 is 1.70 bits per heavy atom. The Bertz CT molecular complexity index is 766. The zero-order chi connectivity index (χ0) is 14.9. The lowest BCUT2D eigenvalue weighted by atomic mass is 10.3. The minimum absolute atomic E-state index is 0.0827. The second kappa shape index (κ2) is 5.26. The zero-order valence-corrected chi connectivity index (χ0v) is 11.5. The fraction of sp³-hybridized carbons (Fsp3) is 0. The van der Waals surface area contributed by atoms with Gasteiger partial charge < -0.3 is 5.73 Å². The molecule has 0 amide bonds. The number of nitrogens with one attached hydrogen (secondary N) is 1. The molecule has 0 fully saturated rings. The molecule has 3 N–H and O–H groups in total. The summed E-state index contributed by atoms with van der Waals surface area (Å²) in [6.45, 7) is 0. The van der Waals surface area contributed by atoms with Gasteiger partial charge in [0.25, 0.3) is 10.0 Å². The van der Waals surface area contributed by atoms with E-state index in [1.165, 1.54) is 6.07 Å². The molecule has 2 rings (SSSR count). The number of sulfonamides is 1. The van der Waals surface area contributed by atoms with Crippen molar-refractivity contribution in [3.05, 3.63) is 53.1 Å². The molecule has 0 aromatic heterocycles. The molecule has 0 heterocycles. The molecule has 0 aliphatic carbocycles. The molecule has 0 radical (unpaired) electrons. The van der Waals surface area contributed by atoms with E-state index in [0.717, 1.165) is 30.3 Å². The molecule has 2 aromatic rings. The molecule has 0 unspecified atom stereocenters.